The number of nitrogens with zero attached hydrogens (tertiary/aromatic N) is 1. The Kier molecular flexibility index (Phi) is 6.20. The van der Waals surface area contributed by atoms with E-state index in [4.69, 9.17) is 9.47 Å². The van der Waals surface area contributed by atoms with Gasteiger partial charge in [-0.1, -0.05) is 12.1 Å². The molecule has 24 heavy (non-hydrogen) atoms. The molecular weight excluding hydrogens is 342 g/mol. The van der Waals surface area contributed by atoms with E-state index in [1.807, 2.05) is 29.8 Å². The first-order valence-electron chi connectivity index (χ1n) is 8.07. The summed E-state index contributed by atoms with van der Waals surface area (Å²) >= 11 is 3.31. The van der Waals surface area contributed by atoms with E-state index in [9.17, 15) is 4.79 Å². The zero-order valence-electron chi connectivity index (χ0n) is 13.7. The van der Waals surface area contributed by atoms with Gasteiger partial charge in [0.1, 0.15) is 0 Å². The Bertz CT molecular complexity index is 635. The van der Waals surface area contributed by atoms with Gasteiger partial charge in [0, 0.05) is 35.0 Å². The van der Waals surface area contributed by atoms with Gasteiger partial charge in [0.05, 0.1) is 25.4 Å². The van der Waals surface area contributed by atoms with Gasteiger partial charge in [-0.15, -0.1) is 22.7 Å². The molecule has 1 aliphatic heterocycles. The monoisotopic (exact) mass is 363 g/mol. The lowest BCUT2D eigenvalue weighted by Crippen LogP contribution is -2.38. The van der Waals surface area contributed by atoms with Crippen LogP contribution < -0.4 is 0 Å². The molecule has 2 aromatic heterocycles. The molecule has 0 spiro atoms. The van der Waals surface area contributed by atoms with Gasteiger partial charge >= 0.3 is 5.97 Å². The lowest BCUT2D eigenvalue weighted by Gasteiger charge is -2.28. The standard InChI is InChI=1S/C18H21NO3S2/c1-2-22-18(20)14(13-19-7-9-21-10-8-19)17(15-5-3-11-23-15)16-6-4-12-24-16/h3-6,11-12H,2,7-10,13H2,1H3. The van der Waals surface area contributed by atoms with Crippen LogP contribution in [-0.2, 0) is 14.3 Å². The predicted octanol–water partition coefficient (Wildman–Crippen LogP) is 3.51. The molecule has 128 valence electrons. The largest absolute Gasteiger partial charge is 0.463 e. The van der Waals surface area contributed by atoms with Gasteiger partial charge in [0.2, 0.25) is 0 Å². The second-order valence-corrected chi connectivity index (χ2v) is 7.31. The fourth-order valence-electron chi connectivity index (χ4n) is 2.71. The lowest BCUT2D eigenvalue weighted by atomic mass is 10.0. The normalized spacial score (nSPS) is 15.2. The second-order valence-electron chi connectivity index (χ2n) is 5.42. The Labute approximate surface area is 150 Å². The third-order valence-corrected chi connectivity index (χ3v) is 5.62. The topological polar surface area (TPSA) is 38.8 Å². The number of carbonyl (C=O) groups excluding carboxylic acids is 1. The fraction of sp³-hybridized carbons (Fsp3) is 0.389. The summed E-state index contributed by atoms with van der Waals surface area (Å²) in [5.41, 5.74) is 1.74. The van der Waals surface area contributed by atoms with Gasteiger partial charge in [0.25, 0.3) is 0 Å². The van der Waals surface area contributed by atoms with E-state index in [0.29, 0.717) is 26.4 Å². The zero-order valence-corrected chi connectivity index (χ0v) is 15.3. The molecule has 0 unspecified atom stereocenters. The molecule has 0 aromatic carbocycles. The highest BCUT2D eigenvalue weighted by atomic mass is 32.1. The third kappa shape index (κ3) is 4.13. The zero-order chi connectivity index (χ0) is 16.8. The third-order valence-electron chi connectivity index (χ3n) is 3.84. The average Bonchev–Trinajstić information content (AvgIpc) is 3.30. The van der Waals surface area contributed by atoms with Crippen LogP contribution in [-0.4, -0.2) is 50.3 Å². The van der Waals surface area contributed by atoms with E-state index in [-0.39, 0.29) is 5.97 Å². The smallest absolute Gasteiger partial charge is 0.336 e. The van der Waals surface area contributed by atoms with Crippen molar-refractivity contribution < 1.29 is 14.3 Å². The summed E-state index contributed by atoms with van der Waals surface area (Å²) in [5, 5.41) is 4.08. The Morgan fingerprint density at radius 2 is 1.79 bits per heavy atom. The van der Waals surface area contributed by atoms with Crippen molar-refractivity contribution in [2.75, 3.05) is 39.5 Å². The summed E-state index contributed by atoms with van der Waals surface area (Å²) in [6.07, 6.45) is 0. The summed E-state index contributed by atoms with van der Waals surface area (Å²) in [4.78, 5) is 17.2. The molecule has 0 amide bonds. The summed E-state index contributed by atoms with van der Waals surface area (Å²) < 4.78 is 10.8. The number of carbonyl (C=O) groups is 1. The molecule has 1 fully saturated rings. The summed E-state index contributed by atoms with van der Waals surface area (Å²) in [5.74, 6) is -0.221. The highest BCUT2D eigenvalue weighted by Gasteiger charge is 2.24. The van der Waals surface area contributed by atoms with E-state index in [0.717, 1.165) is 34.0 Å². The molecule has 0 aliphatic carbocycles. The molecule has 4 nitrogen and oxygen atoms in total. The van der Waals surface area contributed by atoms with Crippen LogP contribution in [0.4, 0.5) is 0 Å². The van der Waals surface area contributed by atoms with E-state index in [2.05, 4.69) is 17.0 Å². The summed E-state index contributed by atoms with van der Waals surface area (Å²) in [6, 6.07) is 8.17. The van der Waals surface area contributed by atoms with Crippen molar-refractivity contribution in [3.8, 4) is 0 Å². The predicted molar refractivity (Wildman–Crippen MR) is 98.6 cm³/mol. The second kappa shape index (κ2) is 8.58. The molecule has 3 rings (SSSR count). The minimum Gasteiger partial charge on any atom is -0.463 e. The van der Waals surface area contributed by atoms with E-state index >= 15 is 0 Å². The molecule has 0 bridgehead atoms. The van der Waals surface area contributed by atoms with Crippen LogP contribution in [0.25, 0.3) is 5.57 Å². The first kappa shape index (κ1) is 17.4. The molecular formula is C18H21NO3S2. The molecule has 1 saturated heterocycles. The maximum absolute atomic E-state index is 12.7. The number of hydrogen-bond acceptors (Lipinski definition) is 6. The van der Waals surface area contributed by atoms with Gasteiger partial charge in [-0.2, -0.15) is 0 Å². The molecule has 0 saturated carbocycles. The first-order valence-corrected chi connectivity index (χ1v) is 9.83. The SMILES string of the molecule is CCOC(=O)C(CN1CCOCC1)=C(c1cccs1)c1cccs1. The van der Waals surface area contributed by atoms with Crippen molar-refractivity contribution in [2.24, 2.45) is 0 Å². The number of hydrogen-bond donors (Lipinski definition) is 0. The van der Waals surface area contributed by atoms with Crippen molar-refractivity contribution in [2.45, 2.75) is 6.92 Å². The van der Waals surface area contributed by atoms with Gasteiger partial charge < -0.3 is 9.47 Å². The quantitative estimate of drug-likeness (QED) is 0.582. The van der Waals surface area contributed by atoms with Crippen LogP contribution >= 0.6 is 22.7 Å². The van der Waals surface area contributed by atoms with Crippen molar-refractivity contribution >= 4 is 34.2 Å². The fourth-order valence-corrected chi connectivity index (χ4v) is 4.40. The van der Waals surface area contributed by atoms with Gasteiger partial charge in [-0.3, -0.25) is 4.90 Å². The van der Waals surface area contributed by atoms with Crippen LogP contribution in [0.1, 0.15) is 16.7 Å². The number of morpholine rings is 1. The van der Waals surface area contributed by atoms with Crippen molar-refractivity contribution in [1.29, 1.82) is 0 Å². The van der Waals surface area contributed by atoms with Crippen LogP contribution in [0.15, 0.2) is 40.6 Å². The highest BCUT2D eigenvalue weighted by Crippen LogP contribution is 2.34. The first-order chi connectivity index (χ1) is 11.8. The number of esters is 1. The van der Waals surface area contributed by atoms with Crippen molar-refractivity contribution in [3.63, 3.8) is 0 Å². The Balaban J connectivity index is 2.03. The highest BCUT2D eigenvalue weighted by molar-refractivity contribution is 7.13. The summed E-state index contributed by atoms with van der Waals surface area (Å²) in [6.45, 7) is 5.92. The van der Waals surface area contributed by atoms with E-state index in [1.165, 1.54) is 0 Å². The summed E-state index contributed by atoms with van der Waals surface area (Å²) in [7, 11) is 0. The van der Waals surface area contributed by atoms with E-state index in [1.54, 1.807) is 22.7 Å². The number of thiophene rings is 2. The Hall–Kier alpha value is -1.47. The van der Waals surface area contributed by atoms with Crippen molar-refractivity contribution in [1.82, 2.24) is 4.90 Å². The molecule has 0 radical (unpaired) electrons. The molecule has 2 aromatic rings. The maximum atomic E-state index is 12.7. The van der Waals surface area contributed by atoms with Crippen molar-refractivity contribution in [3.05, 3.63) is 50.4 Å². The van der Waals surface area contributed by atoms with Gasteiger partial charge in [-0.05, 0) is 29.8 Å². The number of ether oxygens (including phenoxy) is 2. The molecule has 0 atom stereocenters. The molecule has 3 heterocycles. The van der Waals surface area contributed by atoms with Crippen LogP contribution in [0.3, 0.4) is 0 Å². The lowest BCUT2D eigenvalue weighted by molar-refractivity contribution is -0.138. The minimum atomic E-state index is -0.221. The molecule has 1 aliphatic rings. The minimum absolute atomic E-state index is 0.221. The Morgan fingerprint density at radius 1 is 1.17 bits per heavy atom. The van der Waals surface area contributed by atoms with Crippen LogP contribution in [0, 0.1) is 0 Å². The van der Waals surface area contributed by atoms with Gasteiger partial charge in [0.15, 0.2) is 0 Å². The maximum Gasteiger partial charge on any atom is 0.336 e. The molecule has 0 N–H and O–H groups in total. The average molecular weight is 364 g/mol. The van der Waals surface area contributed by atoms with Gasteiger partial charge in [-0.25, -0.2) is 4.79 Å². The van der Waals surface area contributed by atoms with E-state index < -0.39 is 0 Å². The number of rotatable bonds is 6. The van der Waals surface area contributed by atoms with Crippen LogP contribution in [0.2, 0.25) is 0 Å². The Morgan fingerprint density at radius 3 is 2.29 bits per heavy atom. The molecule has 6 heteroatoms. The van der Waals surface area contributed by atoms with Crippen LogP contribution in [0.5, 0.6) is 0 Å².